The fourth-order valence-corrected chi connectivity index (χ4v) is 3.31. The van der Waals surface area contributed by atoms with Gasteiger partial charge in [0.15, 0.2) is 0 Å². The summed E-state index contributed by atoms with van der Waals surface area (Å²) in [5.41, 5.74) is 0.744. The van der Waals surface area contributed by atoms with Crippen molar-refractivity contribution in [2.24, 2.45) is 11.8 Å². The molecule has 0 saturated carbocycles. The number of piperidine rings is 1. The molecule has 0 spiro atoms. The number of amides is 1. The second kappa shape index (κ2) is 7.22. The summed E-state index contributed by atoms with van der Waals surface area (Å²) >= 11 is 3.35. The van der Waals surface area contributed by atoms with Gasteiger partial charge in [-0.3, -0.25) is 9.59 Å². The Labute approximate surface area is 137 Å². The fourth-order valence-electron chi connectivity index (χ4n) is 2.87. The molecule has 2 rings (SSSR count). The molecule has 1 aromatic carbocycles. The van der Waals surface area contributed by atoms with Gasteiger partial charge in [-0.2, -0.15) is 0 Å². The number of carbonyl (C=O) groups is 2. The van der Waals surface area contributed by atoms with E-state index >= 15 is 0 Å². The Hall–Kier alpha value is -1.43. The molecular weight excluding hydrogens is 353 g/mol. The fraction of sp³-hybridized carbons (Fsp3) is 0.500. The predicted molar refractivity (Wildman–Crippen MR) is 83.9 cm³/mol. The van der Waals surface area contributed by atoms with Crippen molar-refractivity contribution in [3.05, 3.63) is 34.1 Å². The van der Waals surface area contributed by atoms with Gasteiger partial charge in [-0.25, -0.2) is 4.39 Å². The van der Waals surface area contributed by atoms with Gasteiger partial charge in [-0.1, -0.05) is 22.9 Å². The Morgan fingerprint density at radius 2 is 2.14 bits per heavy atom. The number of aryl methyl sites for hydroxylation is 1. The van der Waals surface area contributed by atoms with Crippen molar-refractivity contribution in [1.82, 2.24) is 4.90 Å². The van der Waals surface area contributed by atoms with Crippen LogP contribution in [0.4, 0.5) is 4.39 Å². The minimum absolute atomic E-state index is 0.0750. The lowest BCUT2D eigenvalue weighted by Crippen LogP contribution is -2.45. The highest BCUT2D eigenvalue weighted by Crippen LogP contribution is 2.24. The maximum atomic E-state index is 13.2. The molecule has 1 saturated heterocycles. The molecule has 6 heteroatoms. The molecule has 22 heavy (non-hydrogen) atoms. The predicted octanol–water partition coefficient (Wildman–Crippen LogP) is 3.09. The SMILES string of the molecule is CC1CC(C(=O)O)CN(C(=O)CCc2cc(F)ccc2Br)C1. The van der Waals surface area contributed by atoms with Crippen LogP contribution in [0.25, 0.3) is 0 Å². The standard InChI is InChI=1S/C16H19BrFNO3/c1-10-6-12(16(21)22)9-19(8-10)15(20)5-2-11-7-13(18)3-4-14(11)17/h3-4,7,10,12H,2,5-6,8-9H2,1H3,(H,21,22). The lowest BCUT2D eigenvalue weighted by Gasteiger charge is -2.34. The highest BCUT2D eigenvalue weighted by atomic mass is 79.9. The molecule has 1 aliphatic rings. The Bertz CT molecular complexity index is 579. The number of nitrogens with zero attached hydrogens (tertiary/aromatic N) is 1. The van der Waals surface area contributed by atoms with Crippen molar-refractivity contribution in [2.75, 3.05) is 13.1 Å². The first-order valence-corrected chi connectivity index (χ1v) is 8.10. The quantitative estimate of drug-likeness (QED) is 0.884. The molecule has 4 nitrogen and oxygen atoms in total. The number of benzene rings is 1. The van der Waals surface area contributed by atoms with Crippen LogP contribution in [0.1, 0.15) is 25.3 Å². The molecule has 1 aromatic rings. The molecule has 120 valence electrons. The highest BCUT2D eigenvalue weighted by Gasteiger charge is 2.31. The molecule has 1 fully saturated rings. The third kappa shape index (κ3) is 4.29. The van der Waals surface area contributed by atoms with Crippen molar-refractivity contribution < 1.29 is 19.1 Å². The van der Waals surface area contributed by atoms with Gasteiger partial charge < -0.3 is 10.0 Å². The van der Waals surface area contributed by atoms with Crippen LogP contribution in [0.2, 0.25) is 0 Å². The van der Waals surface area contributed by atoms with E-state index in [2.05, 4.69) is 15.9 Å². The Balaban J connectivity index is 1.96. The van der Waals surface area contributed by atoms with Crippen molar-refractivity contribution in [3.63, 3.8) is 0 Å². The first-order valence-electron chi connectivity index (χ1n) is 7.31. The van der Waals surface area contributed by atoms with Crippen LogP contribution in [-0.4, -0.2) is 35.0 Å². The second-order valence-electron chi connectivity index (χ2n) is 5.91. The lowest BCUT2D eigenvalue weighted by molar-refractivity contribution is -0.146. The average Bonchev–Trinajstić information content (AvgIpc) is 2.47. The molecule has 1 N–H and O–H groups in total. The first kappa shape index (κ1) is 16.9. The van der Waals surface area contributed by atoms with E-state index in [1.807, 2.05) is 6.92 Å². The minimum atomic E-state index is -0.850. The van der Waals surface area contributed by atoms with Crippen LogP contribution < -0.4 is 0 Å². The average molecular weight is 372 g/mol. The molecule has 2 atom stereocenters. The highest BCUT2D eigenvalue weighted by molar-refractivity contribution is 9.10. The number of halogens is 2. The van der Waals surface area contributed by atoms with Crippen LogP contribution in [0.15, 0.2) is 22.7 Å². The maximum Gasteiger partial charge on any atom is 0.308 e. The zero-order valence-corrected chi connectivity index (χ0v) is 14.0. The summed E-state index contributed by atoms with van der Waals surface area (Å²) in [6, 6.07) is 4.40. The van der Waals surface area contributed by atoms with Gasteiger partial charge >= 0.3 is 5.97 Å². The van der Waals surface area contributed by atoms with E-state index in [0.717, 1.165) is 10.0 Å². The van der Waals surface area contributed by atoms with Crippen molar-refractivity contribution >= 4 is 27.8 Å². The van der Waals surface area contributed by atoms with E-state index < -0.39 is 11.9 Å². The zero-order valence-electron chi connectivity index (χ0n) is 12.4. The smallest absolute Gasteiger partial charge is 0.308 e. The van der Waals surface area contributed by atoms with Gasteiger partial charge in [0.1, 0.15) is 5.82 Å². The zero-order chi connectivity index (χ0) is 16.3. The number of hydrogen-bond donors (Lipinski definition) is 1. The van der Waals surface area contributed by atoms with E-state index in [1.165, 1.54) is 12.1 Å². The van der Waals surface area contributed by atoms with Gasteiger partial charge in [0, 0.05) is 24.0 Å². The van der Waals surface area contributed by atoms with Gasteiger partial charge in [0.25, 0.3) is 0 Å². The van der Waals surface area contributed by atoms with Crippen LogP contribution in [0, 0.1) is 17.7 Å². The summed E-state index contributed by atoms with van der Waals surface area (Å²) in [5.74, 6) is -1.57. The minimum Gasteiger partial charge on any atom is -0.481 e. The van der Waals surface area contributed by atoms with Crippen LogP contribution in [-0.2, 0) is 16.0 Å². The summed E-state index contributed by atoms with van der Waals surface area (Å²) in [5, 5.41) is 9.14. The molecule has 0 aromatic heterocycles. The Morgan fingerprint density at radius 1 is 1.41 bits per heavy atom. The summed E-state index contributed by atoms with van der Waals surface area (Å²) in [4.78, 5) is 25.1. The molecule has 1 amide bonds. The number of carboxylic acids is 1. The van der Waals surface area contributed by atoms with Crippen molar-refractivity contribution in [1.29, 1.82) is 0 Å². The maximum absolute atomic E-state index is 13.2. The monoisotopic (exact) mass is 371 g/mol. The molecule has 1 aliphatic heterocycles. The van der Waals surface area contributed by atoms with Gasteiger partial charge in [0.05, 0.1) is 5.92 Å². The number of aliphatic carboxylic acids is 1. The molecule has 0 radical (unpaired) electrons. The number of rotatable bonds is 4. The van der Waals surface area contributed by atoms with E-state index in [1.54, 1.807) is 11.0 Å². The van der Waals surface area contributed by atoms with E-state index in [0.29, 0.717) is 19.4 Å². The van der Waals surface area contributed by atoms with Gasteiger partial charge in [0.2, 0.25) is 5.91 Å². The summed E-state index contributed by atoms with van der Waals surface area (Å²) in [6.45, 7) is 2.81. The lowest BCUT2D eigenvalue weighted by atomic mass is 9.90. The summed E-state index contributed by atoms with van der Waals surface area (Å²) in [6.07, 6.45) is 1.29. The van der Waals surface area contributed by atoms with Crippen molar-refractivity contribution in [2.45, 2.75) is 26.2 Å². The number of carbonyl (C=O) groups excluding carboxylic acids is 1. The number of hydrogen-bond acceptors (Lipinski definition) is 2. The van der Waals surface area contributed by atoms with Crippen LogP contribution >= 0.6 is 15.9 Å². The third-order valence-corrected chi connectivity index (χ3v) is 4.75. The van der Waals surface area contributed by atoms with Gasteiger partial charge in [-0.15, -0.1) is 0 Å². The molecule has 2 unspecified atom stereocenters. The Kier molecular flexibility index (Phi) is 5.56. The molecule has 1 heterocycles. The number of likely N-dealkylation sites (tertiary alicyclic amines) is 1. The molecular formula is C16H19BrFNO3. The summed E-state index contributed by atoms with van der Waals surface area (Å²) in [7, 11) is 0. The van der Waals surface area contributed by atoms with E-state index in [-0.39, 0.29) is 30.6 Å². The van der Waals surface area contributed by atoms with Crippen LogP contribution in [0.5, 0.6) is 0 Å². The first-order chi connectivity index (χ1) is 10.4. The normalized spacial score (nSPS) is 21.7. The van der Waals surface area contributed by atoms with Gasteiger partial charge in [-0.05, 0) is 42.5 Å². The van der Waals surface area contributed by atoms with Crippen molar-refractivity contribution in [3.8, 4) is 0 Å². The second-order valence-corrected chi connectivity index (χ2v) is 6.76. The topological polar surface area (TPSA) is 57.6 Å². The largest absolute Gasteiger partial charge is 0.481 e. The van der Waals surface area contributed by atoms with E-state index in [9.17, 15) is 14.0 Å². The number of carboxylic acid groups (broad SMARTS) is 1. The third-order valence-electron chi connectivity index (χ3n) is 3.98. The van der Waals surface area contributed by atoms with E-state index in [4.69, 9.17) is 5.11 Å². The molecule has 0 bridgehead atoms. The summed E-state index contributed by atoms with van der Waals surface area (Å²) < 4.78 is 14.0. The molecule has 0 aliphatic carbocycles. The Morgan fingerprint density at radius 3 is 2.82 bits per heavy atom. The van der Waals surface area contributed by atoms with Crippen LogP contribution in [0.3, 0.4) is 0 Å².